The van der Waals surface area contributed by atoms with Crippen LogP contribution in [-0.4, -0.2) is 54.0 Å². The van der Waals surface area contributed by atoms with E-state index in [1.807, 2.05) is 29.8 Å². The second kappa shape index (κ2) is 8.69. The summed E-state index contributed by atoms with van der Waals surface area (Å²) < 4.78 is 1.03. The monoisotopic (exact) mass is 477 g/mol. The lowest BCUT2D eigenvalue weighted by Gasteiger charge is -2.33. The van der Waals surface area contributed by atoms with Crippen molar-refractivity contribution in [2.24, 2.45) is 0 Å². The van der Waals surface area contributed by atoms with Crippen LogP contribution in [0.15, 0.2) is 39.6 Å². The van der Waals surface area contributed by atoms with E-state index in [4.69, 9.17) is 0 Å². The average Bonchev–Trinajstić information content (AvgIpc) is 3.36. The molecule has 4 rings (SSSR count). The third kappa shape index (κ3) is 4.60. The van der Waals surface area contributed by atoms with Crippen LogP contribution in [0, 0.1) is 0 Å². The first kappa shape index (κ1) is 19.5. The molecule has 1 aliphatic heterocycles. The number of thiazole rings is 1. The SMILES string of the molecule is CN1CCN(c2ccc(CNC(=O)c3csc(-c4cc(Br)cs4)n3)cn2)CC1. The van der Waals surface area contributed by atoms with E-state index >= 15 is 0 Å². The van der Waals surface area contributed by atoms with Crippen LogP contribution < -0.4 is 10.2 Å². The van der Waals surface area contributed by atoms with Gasteiger partial charge < -0.3 is 15.1 Å². The van der Waals surface area contributed by atoms with E-state index in [-0.39, 0.29) is 5.91 Å². The molecule has 0 unspecified atom stereocenters. The van der Waals surface area contributed by atoms with E-state index in [1.165, 1.54) is 11.3 Å². The fraction of sp³-hybridized carbons (Fsp3) is 0.316. The Bertz CT molecular complexity index is 947. The van der Waals surface area contributed by atoms with Crippen molar-refractivity contribution >= 4 is 50.3 Å². The first-order valence-corrected chi connectivity index (χ1v) is 11.5. The van der Waals surface area contributed by atoms with Gasteiger partial charge in [0.2, 0.25) is 0 Å². The van der Waals surface area contributed by atoms with Crippen LogP contribution in [0.25, 0.3) is 9.88 Å². The van der Waals surface area contributed by atoms with Gasteiger partial charge >= 0.3 is 0 Å². The number of anilines is 1. The summed E-state index contributed by atoms with van der Waals surface area (Å²) in [5.41, 5.74) is 1.43. The number of likely N-dealkylation sites (N-methyl/N-ethyl adjacent to an activating group) is 1. The Hall–Kier alpha value is -1.81. The lowest BCUT2D eigenvalue weighted by molar-refractivity contribution is 0.0946. The van der Waals surface area contributed by atoms with Gasteiger partial charge in [-0.25, -0.2) is 9.97 Å². The Balaban J connectivity index is 1.33. The van der Waals surface area contributed by atoms with Crippen LogP contribution in [0.5, 0.6) is 0 Å². The van der Waals surface area contributed by atoms with E-state index in [9.17, 15) is 4.79 Å². The molecule has 0 atom stereocenters. The molecule has 4 heterocycles. The number of nitrogens with one attached hydrogen (secondary N) is 1. The quantitative estimate of drug-likeness (QED) is 0.606. The summed E-state index contributed by atoms with van der Waals surface area (Å²) in [6.07, 6.45) is 1.84. The van der Waals surface area contributed by atoms with Crippen LogP contribution in [0.4, 0.5) is 5.82 Å². The molecule has 146 valence electrons. The smallest absolute Gasteiger partial charge is 0.271 e. The van der Waals surface area contributed by atoms with Crippen molar-refractivity contribution in [2.45, 2.75) is 6.54 Å². The number of carbonyl (C=O) groups is 1. The Labute approximate surface area is 180 Å². The van der Waals surface area contributed by atoms with E-state index in [0.29, 0.717) is 12.2 Å². The lowest BCUT2D eigenvalue weighted by atomic mass is 10.2. The van der Waals surface area contributed by atoms with Crippen molar-refractivity contribution in [3.05, 3.63) is 50.9 Å². The average molecular weight is 478 g/mol. The number of hydrogen-bond donors (Lipinski definition) is 1. The van der Waals surface area contributed by atoms with Crippen molar-refractivity contribution in [3.63, 3.8) is 0 Å². The molecular formula is C19H20BrN5OS2. The fourth-order valence-electron chi connectivity index (χ4n) is 2.93. The predicted molar refractivity (Wildman–Crippen MR) is 118 cm³/mol. The minimum absolute atomic E-state index is 0.165. The molecule has 3 aromatic rings. The number of halogens is 1. The largest absolute Gasteiger partial charge is 0.354 e. The maximum absolute atomic E-state index is 12.4. The topological polar surface area (TPSA) is 61.4 Å². The van der Waals surface area contributed by atoms with Crippen molar-refractivity contribution in [1.29, 1.82) is 0 Å². The molecule has 0 aromatic carbocycles. The van der Waals surface area contributed by atoms with Crippen LogP contribution >= 0.6 is 38.6 Å². The van der Waals surface area contributed by atoms with Gasteiger partial charge in [-0.15, -0.1) is 22.7 Å². The molecular weight excluding hydrogens is 458 g/mol. The Morgan fingerprint density at radius 3 is 2.71 bits per heavy atom. The third-order valence-corrected chi connectivity index (χ3v) is 7.31. The third-order valence-electron chi connectivity index (χ3n) is 4.60. The van der Waals surface area contributed by atoms with E-state index < -0.39 is 0 Å². The van der Waals surface area contributed by atoms with E-state index in [1.54, 1.807) is 16.7 Å². The van der Waals surface area contributed by atoms with Gasteiger partial charge in [0.15, 0.2) is 0 Å². The van der Waals surface area contributed by atoms with Crippen molar-refractivity contribution in [3.8, 4) is 9.88 Å². The van der Waals surface area contributed by atoms with Crippen LogP contribution in [0.1, 0.15) is 16.1 Å². The van der Waals surface area contributed by atoms with Crippen LogP contribution in [0.2, 0.25) is 0 Å². The summed E-state index contributed by atoms with van der Waals surface area (Å²) in [5.74, 6) is 0.829. The summed E-state index contributed by atoms with van der Waals surface area (Å²) in [7, 11) is 2.14. The second-order valence-electron chi connectivity index (χ2n) is 6.66. The molecule has 0 radical (unpaired) electrons. The highest BCUT2D eigenvalue weighted by molar-refractivity contribution is 9.10. The molecule has 1 fully saturated rings. The zero-order valence-electron chi connectivity index (χ0n) is 15.4. The van der Waals surface area contributed by atoms with Crippen molar-refractivity contribution < 1.29 is 4.79 Å². The maximum Gasteiger partial charge on any atom is 0.271 e. The number of piperazine rings is 1. The Kier molecular flexibility index (Phi) is 6.05. The standard InChI is InChI=1S/C19H20BrN5OS2/c1-24-4-6-25(7-5-24)17-3-2-13(9-21-17)10-22-18(26)15-12-28-19(23-15)16-8-14(20)11-27-16/h2-3,8-9,11-12H,4-7,10H2,1H3,(H,22,26). The highest BCUT2D eigenvalue weighted by Gasteiger charge is 2.16. The number of pyridine rings is 1. The van der Waals surface area contributed by atoms with E-state index in [2.05, 4.69) is 48.1 Å². The highest BCUT2D eigenvalue weighted by Crippen LogP contribution is 2.31. The number of nitrogens with zero attached hydrogens (tertiary/aromatic N) is 4. The summed E-state index contributed by atoms with van der Waals surface area (Å²) in [5, 5.41) is 7.60. The molecule has 1 N–H and O–H groups in total. The normalized spacial score (nSPS) is 15.0. The van der Waals surface area contributed by atoms with Gasteiger partial charge in [-0.05, 0) is 40.7 Å². The molecule has 1 aliphatic rings. The summed E-state index contributed by atoms with van der Waals surface area (Å²) in [6.45, 7) is 4.53. The molecule has 1 saturated heterocycles. The number of thiophene rings is 1. The summed E-state index contributed by atoms with van der Waals surface area (Å²) >= 11 is 6.53. The number of rotatable bonds is 5. The van der Waals surface area contributed by atoms with Gasteiger partial charge in [0.25, 0.3) is 5.91 Å². The number of aromatic nitrogens is 2. The summed E-state index contributed by atoms with van der Waals surface area (Å²) in [4.78, 5) is 27.1. The number of hydrogen-bond acceptors (Lipinski definition) is 7. The van der Waals surface area contributed by atoms with Gasteiger partial charge in [0, 0.05) is 54.2 Å². The van der Waals surface area contributed by atoms with Gasteiger partial charge in [-0.2, -0.15) is 0 Å². The molecule has 6 nitrogen and oxygen atoms in total. The number of amides is 1. The van der Waals surface area contributed by atoms with E-state index in [0.717, 1.165) is 51.9 Å². The first-order valence-electron chi connectivity index (χ1n) is 8.95. The maximum atomic E-state index is 12.4. The zero-order valence-corrected chi connectivity index (χ0v) is 18.6. The lowest BCUT2D eigenvalue weighted by Crippen LogP contribution is -2.44. The van der Waals surface area contributed by atoms with Gasteiger partial charge in [-0.1, -0.05) is 6.07 Å². The Morgan fingerprint density at radius 2 is 2.04 bits per heavy atom. The van der Waals surface area contributed by atoms with Crippen molar-refractivity contribution in [1.82, 2.24) is 20.2 Å². The molecule has 0 spiro atoms. The van der Waals surface area contributed by atoms with Crippen molar-refractivity contribution in [2.75, 3.05) is 38.1 Å². The van der Waals surface area contributed by atoms with Gasteiger partial charge in [0.05, 0.1) is 4.88 Å². The van der Waals surface area contributed by atoms with Gasteiger partial charge in [0.1, 0.15) is 16.5 Å². The number of carbonyl (C=O) groups excluding carboxylic acids is 1. The van der Waals surface area contributed by atoms with Gasteiger partial charge in [-0.3, -0.25) is 4.79 Å². The predicted octanol–water partition coefficient (Wildman–Crippen LogP) is 3.71. The first-order chi connectivity index (χ1) is 13.6. The summed E-state index contributed by atoms with van der Waals surface area (Å²) in [6, 6.07) is 6.07. The van der Waals surface area contributed by atoms with Crippen LogP contribution in [0.3, 0.4) is 0 Å². The minimum atomic E-state index is -0.165. The van der Waals surface area contributed by atoms with Crippen LogP contribution in [-0.2, 0) is 6.54 Å². The molecule has 1 amide bonds. The zero-order chi connectivity index (χ0) is 19.5. The molecule has 0 aliphatic carbocycles. The fourth-order valence-corrected chi connectivity index (χ4v) is 5.24. The highest BCUT2D eigenvalue weighted by atomic mass is 79.9. The Morgan fingerprint density at radius 1 is 1.21 bits per heavy atom. The molecule has 3 aromatic heterocycles. The molecule has 0 saturated carbocycles. The molecule has 0 bridgehead atoms. The molecule has 28 heavy (non-hydrogen) atoms. The second-order valence-corrected chi connectivity index (χ2v) is 9.35. The minimum Gasteiger partial charge on any atom is -0.354 e. The molecule has 9 heteroatoms.